The molecule has 0 radical (unpaired) electrons. The molecular formula is C30H44F2N4O3. The van der Waals surface area contributed by atoms with Gasteiger partial charge < -0.3 is 15.1 Å². The van der Waals surface area contributed by atoms with E-state index in [-0.39, 0.29) is 18.2 Å². The molecule has 2 saturated heterocycles. The van der Waals surface area contributed by atoms with Gasteiger partial charge in [0.15, 0.2) is 0 Å². The molecule has 0 saturated carbocycles. The van der Waals surface area contributed by atoms with Crippen LogP contribution >= 0.6 is 0 Å². The number of nitrogens with one attached hydrogen (secondary N) is 1. The molecule has 39 heavy (non-hydrogen) atoms. The largest absolute Gasteiger partial charge is 0.344 e. The molecule has 2 unspecified atom stereocenters. The predicted octanol–water partition coefficient (Wildman–Crippen LogP) is 5.18. The van der Waals surface area contributed by atoms with Crippen LogP contribution in [0, 0.1) is 22.7 Å². The lowest BCUT2D eigenvalue weighted by atomic mass is 9.86. The standard InChI is InChI=1S/C12H15NO.C10H11F2N3O2.C8H18/c1-4-6-7-12-9-13(10(3)14)8-11(12)5-2;11-10(12)3-6(4-13)15(5-10)9(17)7-1-2-8(16)14-7;1-7(2)6-8(3,4)5/h4-7H,1-2,8-9H2,3H3;6-7H,1-3,5H2,(H,14,16);7H,6H2,1-5H3/b7-6-;;. The Morgan fingerprint density at radius 3 is 2.26 bits per heavy atom. The van der Waals surface area contributed by atoms with Gasteiger partial charge in [-0.05, 0) is 35.3 Å². The maximum Gasteiger partial charge on any atom is 0.268 e. The summed E-state index contributed by atoms with van der Waals surface area (Å²) in [6.45, 7) is 20.9. The molecule has 3 aliphatic rings. The van der Waals surface area contributed by atoms with Gasteiger partial charge in [0, 0.05) is 32.9 Å². The Labute approximate surface area is 232 Å². The Morgan fingerprint density at radius 2 is 1.85 bits per heavy atom. The van der Waals surface area contributed by atoms with Crippen molar-refractivity contribution in [1.29, 1.82) is 5.26 Å². The van der Waals surface area contributed by atoms with Crippen LogP contribution in [0.1, 0.15) is 67.2 Å². The van der Waals surface area contributed by atoms with E-state index in [4.69, 9.17) is 5.26 Å². The van der Waals surface area contributed by atoms with Crippen LogP contribution in [0.3, 0.4) is 0 Å². The highest BCUT2D eigenvalue weighted by atomic mass is 19.3. The molecule has 0 aromatic heterocycles. The SMILES string of the molecule is C=C/C=C\C1=C(C=C)CN(C(C)=O)C1.CC(C)CC(C)(C)C.N#CC1CC(F)(F)CN1C(=O)C1CCC(=O)N1. The lowest BCUT2D eigenvalue weighted by molar-refractivity contribution is -0.135. The summed E-state index contributed by atoms with van der Waals surface area (Å²) < 4.78 is 26.2. The number of likely N-dealkylation sites (tertiary alicyclic amines) is 1. The van der Waals surface area contributed by atoms with Crippen LogP contribution in [0.15, 0.2) is 48.6 Å². The number of nitriles is 1. The van der Waals surface area contributed by atoms with Crippen LogP contribution in [0.25, 0.3) is 0 Å². The minimum atomic E-state index is -3.02. The first-order valence-electron chi connectivity index (χ1n) is 13.3. The van der Waals surface area contributed by atoms with Gasteiger partial charge in [0.1, 0.15) is 12.1 Å². The minimum Gasteiger partial charge on any atom is -0.344 e. The zero-order chi connectivity index (χ0) is 30.0. The number of alkyl halides is 2. The summed E-state index contributed by atoms with van der Waals surface area (Å²) in [6, 6.07) is -0.161. The number of hydrogen-bond donors (Lipinski definition) is 1. The average Bonchev–Trinajstić information content (AvgIpc) is 3.52. The number of halogens is 2. The van der Waals surface area contributed by atoms with Crippen LogP contribution in [0.4, 0.5) is 8.78 Å². The van der Waals surface area contributed by atoms with Crippen LogP contribution in [0.2, 0.25) is 0 Å². The molecule has 0 aromatic rings. The summed E-state index contributed by atoms with van der Waals surface area (Å²) in [5.74, 6) is -2.91. The van der Waals surface area contributed by atoms with E-state index in [9.17, 15) is 23.2 Å². The number of nitrogens with zero attached hydrogens (tertiary/aromatic N) is 3. The topological polar surface area (TPSA) is 93.5 Å². The number of carbonyl (C=O) groups excluding carboxylic acids is 3. The van der Waals surface area contributed by atoms with Gasteiger partial charge >= 0.3 is 0 Å². The fraction of sp³-hybridized carbons (Fsp3) is 0.600. The van der Waals surface area contributed by atoms with Crippen LogP contribution in [-0.2, 0) is 14.4 Å². The first-order chi connectivity index (χ1) is 18.0. The zero-order valence-corrected chi connectivity index (χ0v) is 24.2. The molecule has 0 aliphatic carbocycles. The lowest BCUT2D eigenvalue weighted by Gasteiger charge is -2.22. The highest BCUT2D eigenvalue weighted by Crippen LogP contribution is 2.32. The number of carbonyl (C=O) groups is 3. The molecule has 3 rings (SSSR count). The molecule has 2 fully saturated rings. The van der Waals surface area contributed by atoms with Gasteiger partial charge in [0.25, 0.3) is 5.92 Å². The van der Waals surface area contributed by atoms with E-state index in [1.165, 1.54) is 6.42 Å². The first kappa shape index (κ1) is 33.7. The summed E-state index contributed by atoms with van der Waals surface area (Å²) in [7, 11) is 0. The Kier molecular flexibility index (Phi) is 12.8. The Morgan fingerprint density at radius 1 is 1.23 bits per heavy atom. The van der Waals surface area contributed by atoms with Gasteiger partial charge in [-0.25, -0.2) is 8.78 Å². The van der Waals surface area contributed by atoms with E-state index < -0.39 is 36.9 Å². The smallest absolute Gasteiger partial charge is 0.268 e. The number of allylic oxidation sites excluding steroid dienone is 2. The summed E-state index contributed by atoms with van der Waals surface area (Å²) in [5.41, 5.74) is 2.79. The van der Waals surface area contributed by atoms with E-state index in [0.29, 0.717) is 24.9 Å². The molecule has 3 heterocycles. The quantitative estimate of drug-likeness (QED) is 0.481. The number of hydrogen-bond acceptors (Lipinski definition) is 4. The molecule has 3 aliphatic heterocycles. The summed E-state index contributed by atoms with van der Waals surface area (Å²) >= 11 is 0. The van der Waals surface area contributed by atoms with E-state index in [1.54, 1.807) is 24.0 Å². The van der Waals surface area contributed by atoms with Gasteiger partial charge in [0.05, 0.1) is 12.6 Å². The van der Waals surface area contributed by atoms with E-state index >= 15 is 0 Å². The fourth-order valence-electron chi connectivity index (χ4n) is 4.82. The number of rotatable bonds is 5. The third kappa shape index (κ3) is 11.6. The van der Waals surface area contributed by atoms with Crippen molar-refractivity contribution in [3.8, 4) is 6.07 Å². The van der Waals surface area contributed by atoms with Crippen molar-refractivity contribution in [2.45, 2.75) is 85.2 Å². The van der Waals surface area contributed by atoms with E-state index in [0.717, 1.165) is 22.0 Å². The van der Waals surface area contributed by atoms with Crippen molar-refractivity contribution in [2.75, 3.05) is 19.6 Å². The second-order valence-electron chi connectivity index (χ2n) is 11.7. The van der Waals surface area contributed by atoms with E-state index in [1.807, 2.05) is 18.2 Å². The fourth-order valence-corrected chi connectivity index (χ4v) is 4.82. The Balaban J connectivity index is 0.000000313. The van der Waals surface area contributed by atoms with E-state index in [2.05, 4.69) is 53.1 Å². The van der Waals surface area contributed by atoms with Crippen LogP contribution < -0.4 is 5.32 Å². The Hall–Kier alpha value is -3.28. The maximum absolute atomic E-state index is 13.1. The monoisotopic (exact) mass is 546 g/mol. The summed E-state index contributed by atoms with van der Waals surface area (Å²) in [4.78, 5) is 36.6. The molecule has 1 N–H and O–H groups in total. The highest BCUT2D eigenvalue weighted by Gasteiger charge is 2.49. The maximum atomic E-state index is 13.1. The summed E-state index contributed by atoms with van der Waals surface area (Å²) in [5, 5.41) is 11.2. The van der Waals surface area contributed by atoms with Crippen molar-refractivity contribution in [1.82, 2.24) is 15.1 Å². The second-order valence-corrected chi connectivity index (χ2v) is 11.7. The molecule has 9 heteroatoms. The molecule has 7 nitrogen and oxygen atoms in total. The zero-order valence-electron chi connectivity index (χ0n) is 24.2. The van der Waals surface area contributed by atoms with Crippen molar-refractivity contribution >= 4 is 17.7 Å². The van der Waals surface area contributed by atoms with Gasteiger partial charge in [0.2, 0.25) is 17.7 Å². The first-order valence-corrected chi connectivity index (χ1v) is 13.3. The van der Waals surface area contributed by atoms with Crippen molar-refractivity contribution < 1.29 is 23.2 Å². The molecule has 0 spiro atoms. The third-order valence-electron chi connectivity index (χ3n) is 6.28. The highest BCUT2D eigenvalue weighted by molar-refractivity contribution is 5.91. The van der Waals surface area contributed by atoms with Gasteiger partial charge in [-0.2, -0.15) is 5.26 Å². The van der Waals surface area contributed by atoms with Crippen LogP contribution in [-0.4, -0.2) is 65.2 Å². The second kappa shape index (κ2) is 14.8. The Bertz CT molecular complexity index is 1020. The number of amides is 3. The molecule has 0 aromatic carbocycles. The van der Waals surface area contributed by atoms with Gasteiger partial charge in [-0.15, -0.1) is 0 Å². The van der Waals surface area contributed by atoms with Crippen molar-refractivity contribution in [3.63, 3.8) is 0 Å². The van der Waals surface area contributed by atoms with Crippen molar-refractivity contribution in [3.05, 3.63) is 48.6 Å². The third-order valence-corrected chi connectivity index (χ3v) is 6.28. The van der Waals surface area contributed by atoms with Gasteiger partial charge in [-0.3, -0.25) is 14.4 Å². The summed E-state index contributed by atoms with van der Waals surface area (Å²) in [6.07, 6.45) is 8.61. The molecule has 2 atom stereocenters. The lowest BCUT2D eigenvalue weighted by Crippen LogP contribution is -2.46. The normalized spacial score (nSPS) is 22.1. The van der Waals surface area contributed by atoms with Gasteiger partial charge in [-0.1, -0.05) is 72.1 Å². The predicted molar refractivity (Wildman–Crippen MR) is 150 cm³/mol. The minimum absolute atomic E-state index is 0.103. The average molecular weight is 547 g/mol. The molecular weight excluding hydrogens is 502 g/mol. The molecule has 3 amide bonds. The molecule has 216 valence electrons. The van der Waals surface area contributed by atoms with Crippen LogP contribution in [0.5, 0.6) is 0 Å². The van der Waals surface area contributed by atoms with Crippen molar-refractivity contribution in [2.24, 2.45) is 11.3 Å². The molecule has 0 bridgehead atoms.